The molecule has 1 aromatic carbocycles. The minimum absolute atomic E-state index is 0.0398. The van der Waals surface area contributed by atoms with Crippen LogP contribution in [0, 0.1) is 10.1 Å². The summed E-state index contributed by atoms with van der Waals surface area (Å²) in [6, 6.07) is 6.98. The summed E-state index contributed by atoms with van der Waals surface area (Å²) >= 11 is 0. The number of nitro groups is 1. The van der Waals surface area contributed by atoms with E-state index in [1.165, 1.54) is 36.3 Å². The standard InChI is InChI=1S/C21H34N6O3/c1-17-7-4-5-13-26(17)14-6-12-22-21(24-16-20(28)25(2)3)23-15-18-8-10-19(11-9-18)27(29)30/h8-11,17H,4-7,12-16H2,1-3H3,(H2,22,23,24). The van der Waals surface area contributed by atoms with Gasteiger partial charge in [0, 0.05) is 45.4 Å². The summed E-state index contributed by atoms with van der Waals surface area (Å²) in [5, 5.41) is 17.2. The Morgan fingerprint density at radius 3 is 2.63 bits per heavy atom. The van der Waals surface area contributed by atoms with E-state index in [1.807, 2.05) is 0 Å². The van der Waals surface area contributed by atoms with Gasteiger partial charge in [-0.05, 0) is 38.3 Å². The quantitative estimate of drug-likeness (QED) is 0.209. The Bertz CT molecular complexity index is 720. The molecule has 0 spiro atoms. The van der Waals surface area contributed by atoms with E-state index in [2.05, 4.69) is 27.4 Å². The number of nitrogens with one attached hydrogen (secondary N) is 2. The van der Waals surface area contributed by atoms with Gasteiger partial charge in [0.15, 0.2) is 5.96 Å². The third-order valence-corrected chi connectivity index (χ3v) is 5.33. The molecule has 166 valence electrons. The lowest BCUT2D eigenvalue weighted by molar-refractivity contribution is -0.384. The van der Waals surface area contributed by atoms with Crippen molar-refractivity contribution >= 4 is 17.6 Å². The van der Waals surface area contributed by atoms with Gasteiger partial charge in [-0.1, -0.05) is 18.6 Å². The van der Waals surface area contributed by atoms with Crippen LogP contribution in [-0.2, 0) is 11.3 Å². The second-order valence-electron chi connectivity index (χ2n) is 7.89. The minimum atomic E-state index is -0.419. The van der Waals surface area contributed by atoms with Gasteiger partial charge >= 0.3 is 0 Å². The molecule has 0 aliphatic carbocycles. The normalized spacial score (nSPS) is 17.4. The molecular formula is C21H34N6O3. The van der Waals surface area contributed by atoms with Crippen LogP contribution in [0.2, 0.25) is 0 Å². The largest absolute Gasteiger partial charge is 0.356 e. The van der Waals surface area contributed by atoms with E-state index in [1.54, 1.807) is 26.2 Å². The lowest BCUT2D eigenvalue weighted by atomic mass is 10.0. The summed E-state index contributed by atoms with van der Waals surface area (Å²) in [7, 11) is 3.43. The number of aliphatic imine (C=N–C) groups is 1. The average molecular weight is 419 g/mol. The zero-order valence-corrected chi connectivity index (χ0v) is 18.3. The molecule has 2 N–H and O–H groups in total. The fraction of sp³-hybridized carbons (Fsp3) is 0.619. The first-order chi connectivity index (χ1) is 14.4. The van der Waals surface area contributed by atoms with Crippen LogP contribution in [0.15, 0.2) is 29.3 Å². The highest BCUT2D eigenvalue weighted by Gasteiger charge is 2.17. The Labute approximate surface area is 178 Å². The summed E-state index contributed by atoms with van der Waals surface area (Å²) < 4.78 is 0. The predicted molar refractivity (Wildman–Crippen MR) is 118 cm³/mol. The van der Waals surface area contributed by atoms with E-state index in [9.17, 15) is 14.9 Å². The number of non-ortho nitro benzene ring substituents is 1. The van der Waals surface area contributed by atoms with Crippen LogP contribution in [0.3, 0.4) is 0 Å². The van der Waals surface area contributed by atoms with E-state index in [0.717, 1.165) is 31.6 Å². The molecule has 2 rings (SSSR count). The van der Waals surface area contributed by atoms with Gasteiger partial charge in [-0.2, -0.15) is 0 Å². The van der Waals surface area contributed by atoms with Crippen LogP contribution in [0.5, 0.6) is 0 Å². The van der Waals surface area contributed by atoms with Gasteiger partial charge in [0.2, 0.25) is 5.91 Å². The van der Waals surface area contributed by atoms with Gasteiger partial charge in [-0.15, -0.1) is 0 Å². The number of nitro benzene ring substituents is 1. The van der Waals surface area contributed by atoms with Crippen LogP contribution in [0.1, 0.15) is 38.2 Å². The molecule has 1 aliphatic rings. The van der Waals surface area contributed by atoms with Crippen molar-refractivity contribution in [2.45, 2.75) is 45.2 Å². The van der Waals surface area contributed by atoms with Crippen molar-refractivity contribution in [2.24, 2.45) is 4.99 Å². The maximum Gasteiger partial charge on any atom is 0.269 e. The number of nitrogens with zero attached hydrogens (tertiary/aromatic N) is 4. The van der Waals surface area contributed by atoms with Gasteiger partial charge < -0.3 is 20.4 Å². The summed E-state index contributed by atoms with van der Waals surface area (Å²) in [6.07, 6.45) is 4.85. The fourth-order valence-electron chi connectivity index (χ4n) is 3.36. The van der Waals surface area contributed by atoms with Crippen molar-refractivity contribution in [1.29, 1.82) is 0 Å². The molecule has 0 radical (unpaired) electrons. The van der Waals surface area contributed by atoms with Gasteiger partial charge in [0.05, 0.1) is 18.0 Å². The zero-order valence-electron chi connectivity index (χ0n) is 18.3. The summed E-state index contributed by atoms with van der Waals surface area (Å²) in [4.78, 5) is 30.9. The van der Waals surface area contributed by atoms with Gasteiger partial charge in [-0.3, -0.25) is 14.9 Å². The molecule has 1 amide bonds. The third kappa shape index (κ3) is 7.98. The summed E-state index contributed by atoms with van der Waals surface area (Å²) in [6.45, 7) is 5.77. The van der Waals surface area contributed by atoms with Crippen molar-refractivity contribution in [1.82, 2.24) is 20.4 Å². The Balaban J connectivity index is 1.89. The van der Waals surface area contributed by atoms with Crippen LogP contribution in [0.4, 0.5) is 5.69 Å². The van der Waals surface area contributed by atoms with Gasteiger partial charge in [0.25, 0.3) is 5.69 Å². The van der Waals surface area contributed by atoms with Crippen LogP contribution < -0.4 is 10.6 Å². The molecule has 9 nitrogen and oxygen atoms in total. The first-order valence-electron chi connectivity index (χ1n) is 10.6. The smallest absolute Gasteiger partial charge is 0.269 e. The van der Waals surface area contributed by atoms with Crippen molar-refractivity contribution in [3.05, 3.63) is 39.9 Å². The molecule has 9 heteroatoms. The van der Waals surface area contributed by atoms with Crippen LogP contribution in [-0.4, -0.2) is 72.9 Å². The molecule has 0 saturated carbocycles. The number of hydrogen-bond acceptors (Lipinski definition) is 5. The van der Waals surface area contributed by atoms with E-state index in [0.29, 0.717) is 18.5 Å². The number of piperidine rings is 1. The van der Waals surface area contributed by atoms with Crippen molar-refractivity contribution < 1.29 is 9.72 Å². The molecule has 1 aliphatic heterocycles. The molecule has 0 bridgehead atoms. The lowest BCUT2D eigenvalue weighted by Gasteiger charge is -2.33. The zero-order chi connectivity index (χ0) is 21.9. The molecule has 1 unspecified atom stereocenters. The SMILES string of the molecule is CC1CCCCN1CCCNC(=NCc1ccc([N+](=O)[O-])cc1)NCC(=O)N(C)C. The second kappa shape index (κ2) is 12.1. The maximum absolute atomic E-state index is 11.9. The molecule has 30 heavy (non-hydrogen) atoms. The fourth-order valence-corrected chi connectivity index (χ4v) is 3.36. The number of rotatable bonds is 9. The predicted octanol–water partition coefficient (Wildman–Crippen LogP) is 1.98. The highest BCUT2D eigenvalue weighted by Crippen LogP contribution is 2.16. The summed E-state index contributed by atoms with van der Waals surface area (Å²) in [5.74, 6) is 0.525. The van der Waals surface area contributed by atoms with Gasteiger partial charge in [0.1, 0.15) is 0 Å². The molecule has 1 heterocycles. The number of carbonyl (C=O) groups is 1. The second-order valence-corrected chi connectivity index (χ2v) is 7.89. The number of amides is 1. The number of hydrogen-bond donors (Lipinski definition) is 2. The summed E-state index contributed by atoms with van der Waals surface area (Å²) in [5.41, 5.74) is 0.922. The molecular weight excluding hydrogens is 384 g/mol. The minimum Gasteiger partial charge on any atom is -0.356 e. The number of guanidine groups is 1. The molecule has 1 atom stereocenters. The topological polar surface area (TPSA) is 103 Å². The number of benzene rings is 1. The molecule has 1 saturated heterocycles. The number of likely N-dealkylation sites (tertiary alicyclic amines) is 1. The van der Waals surface area contributed by atoms with Crippen molar-refractivity contribution in [3.8, 4) is 0 Å². The molecule has 1 fully saturated rings. The van der Waals surface area contributed by atoms with E-state index in [4.69, 9.17) is 0 Å². The van der Waals surface area contributed by atoms with Gasteiger partial charge in [-0.25, -0.2) is 4.99 Å². The van der Waals surface area contributed by atoms with E-state index < -0.39 is 4.92 Å². The number of carbonyl (C=O) groups excluding carboxylic acids is 1. The Hall–Kier alpha value is -2.68. The van der Waals surface area contributed by atoms with Crippen molar-refractivity contribution in [2.75, 3.05) is 40.3 Å². The molecule has 0 aromatic heterocycles. The van der Waals surface area contributed by atoms with Crippen LogP contribution >= 0.6 is 0 Å². The molecule has 1 aromatic rings. The van der Waals surface area contributed by atoms with E-state index in [-0.39, 0.29) is 18.1 Å². The first kappa shape index (κ1) is 23.6. The number of likely N-dealkylation sites (N-methyl/N-ethyl adjacent to an activating group) is 1. The van der Waals surface area contributed by atoms with Crippen molar-refractivity contribution in [3.63, 3.8) is 0 Å². The Kier molecular flexibility index (Phi) is 9.53. The third-order valence-electron chi connectivity index (χ3n) is 5.33. The van der Waals surface area contributed by atoms with Crippen LogP contribution in [0.25, 0.3) is 0 Å². The lowest BCUT2D eigenvalue weighted by Crippen LogP contribution is -2.44. The Morgan fingerprint density at radius 2 is 2.00 bits per heavy atom. The monoisotopic (exact) mass is 418 g/mol. The van der Waals surface area contributed by atoms with E-state index >= 15 is 0 Å². The highest BCUT2D eigenvalue weighted by molar-refractivity contribution is 5.86. The maximum atomic E-state index is 11.9. The first-order valence-corrected chi connectivity index (χ1v) is 10.6. The Morgan fingerprint density at radius 1 is 1.27 bits per heavy atom. The highest BCUT2D eigenvalue weighted by atomic mass is 16.6. The average Bonchev–Trinajstić information content (AvgIpc) is 2.73.